The summed E-state index contributed by atoms with van der Waals surface area (Å²) in [5, 5.41) is 5.83. The summed E-state index contributed by atoms with van der Waals surface area (Å²) < 4.78 is 9.35. The molecule has 4 heterocycles. The number of hydrogen-bond donors (Lipinski definition) is 0. The fourth-order valence-electron chi connectivity index (χ4n) is 7.77. The van der Waals surface area contributed by atoms with Gasteiger partial charge in [0.05, 0.1) is 16.9 Å². The Labute approximate surface area is 314 Å². The first kappa shape index (κ1) is 30.7. The lowest BCUT2D eigenvalue weighted by molar-refractivity contribution is 0.670. The van der Waals surface area contributed by atoms with Gasteiger partial charge in [-0.2, -0.15) is 0 Å². The average molecular weight is 708 g/mol. The van der Waals surface area contributed by atoms with E-state index in [1.165, 1.54) is 20.2 Å². The fraction of sp³-hybridized carbons (Fsp3) is 0. The summed E-state index contributed by atoms with van der Waals surface area (Å²) in [4.78, 5) is 15.1. The minimum Gasteiger partial charge on any atom is -0.455 e. The number of aromatic nitrogens is 3. The number of thiophene rings is 1. The molecule has 11 aromatic rings. The molecule has 0 unspecified atom stereocenters. The molecule has 0 saturated carbocycles. The summed E-state index contributed by atoms with van der Waals surface area (Å²) in [6.45, 7) is 0. The number of rotatable bonds is 5. The van der Waals surface area contributed by atoms with Gasteiger partial charge in [0.2, 0.25) is 0 Å². The maximum atomic E-state index is 6.77. The predicted molar refractivity (Wildman–Crippen MR) is 225 cm³/mol. The molecule has 0 bridgehead atoms. The highest BCUT2D eigenvalue weighted by Gasteiger charge is 2.20. The lowest BCUT2D eigenvalue weighted by Crippen LogP contribution is -1.96. The molecule has 0 fully saturated rings. The van der Waals surface area contributed by atoms with Gasteiger partial charge >= 0.3 is 0 Å². The van der Waals surface area contributed by atoms with Crippen molar-refractivity contribution in [2.24, 2.45) is 0 Å². The van der Waals surface area contributed by atoms with Crippen molar-refractivity contribution >= 4 is 64.4 Å². The van der Waals surface area contributed by atoms with Crippen LogP contribution >= 0.6 is 11.3 Å². The first-order valence-corrected chi connectivity index (χ1v) is 18.8. The molecule has 0 aliphatic rings. The number of pyridine rings is 1. The molecule has 0 saturated heterocycles. The molecule has 54 heavy (non-hydrogen) atoms. The van der Waals surface area contributed by atoms with Crippen LogP contribution in [0.5, 0.6) is 0 Å². The highest BCUT2D eigenvalue weighted by atomic mass is 32.1. The molecule has 0 N–H and O–H groups in total. The van der Waals surface area contributed by atoms with Crippen molar-refractivity contribution in [2.45, 2.75) is 0 Å². The highest BCUT2D eigenvalue weighted by molar-refractivity contribution is 7.25. The predicted octanol–water partition coefficient (Wildman–Crippen LogP) is 13.6. The Hall–Kier alpha value is -6.95. The molecule has 0 aliphatic heterocycles. The Morgan fingerprint density at radius 3 is 2.07 bits per heavy atom. The van der Waals surface area contributed by atoms with Gasteiger partial charge in [0.25, 0.3) is 0 Å². The number of benzene rings is 7. The van der Waals surface area contributed by atoms with E-state index in [1.807, 2.05) is 53.9 Å². The summed E-state index contributed by atoms with van der Waals surface area (Å²) >= 11 is 1.84. The lowest BCUT2D eigenvalue weighted by atomic mass is 9.95. The van der Waals surface area contributed by atoms with E-state index >= 15 is 0 Å². The molecule has 0 aliphatic carbocycles. The minimum absolute atomic E-state index is 0.650. The van der Waals surface area contributed by atoms with Crippen LogP contribution < -0.4 is 0 Å². The Kier molecular flexibility index (Phi) is 7.00. The topological polar surface area (TPSA) is 51.8 Å². The molecule has 7 aromatic carbocycles. The third-order valence-corrected chi connectivity index (χ3v) is 11.5. The second-order valence-electron chi connectivity index (χ2n) is 13.6. The summed E-state index contributed by atoms with van der Waals surface area (Å²) in [5.74, 6) is 0.650. The second kappa shape index (κ2) is 12.3. The van der Waals surface area contributed by atoms with Crippen molar-refractivity contribution in [3.8, 4) is 56.2 Å². The Morgan fingerprint density at radius 2 is 1.17 bits per heavy atom. The fourth-order valence-corrected chi connectivity index (χ4v) is 8.86. The van der Waals surface area contributed by atoms with Crippen LogP contribution in [0.3, 0.4) is 0 Å². The zero-order chi connectivity index (χ0) is 35.6. The third kappa shape index (κ3) is 5.01. The van der Waals surface area contributed by atoms with Gasteiger partial charge in [-0.3, -0.25) is 4.98 Å². The van der Waals surface area contributed by atoms with Crippen LogP contribution in [0.4, 0.5) is 0 Å². The summed E-state index contributed by atoms with van der Waals surface area (Å²) in [6.07, 6.45) is 1.85. The maximum Gasteiger partial charge on any atom is 0.160 e. The van der Waals surface area contributed by atoms with Gasteiger partial charge < -0.3 is 4.42 Å². The van der Waals surface area contributed by atoms with E-state index < -0.39 is 0 Å². The van der Waals surface area contributed by atoms with Crippen molar-refractivity contribution in [3.63, 3.8) is 0 Å². The molecule has 4 nitrogen and oxygen atoms in total. The zero-order valence-corrected chi connectivity index (χ0v) is 29.7. The number of furan rings is 1. The molecule has 0 atom stereocenters. The zero-order valence-electron chi connectivity index (χ0n) is 28.9. The monoisotopic (exact) mass is 707 g/mol. The van der Waals surface area contributed by atoms with Crippen LogP contribution in [0.25, 0.3) is 109 Å². The number of hydrogen-bond acceptors (Lipinski definition) is 5. The smallest absolute Gasteiger partial charge is 0.160 e. The van der Waals surface area contributed by atoms with E-state index in [0.29, 0.717) is 5.82 Å². The minimum atomic E-state index is 0.650. The third-order valence-electron chi connectivity index (χ3n) is 10.4. The van der Waals surface area contributed by atoms with Crippen LogP contribution in [0, 0.1) is 0 Å². The highest BCUT2D eigenvalue weighted by Crippen LogP contribution is 2.44. The summed E-state index contributed by atoms with van der Waals surface area (Å²) in [5.41, 5.74) is 11.6. The van der Waals surface area contributed by atoms with E-state index in [9.17, 15) is 0 Å². The molecule has 11 rings (SSSR count). The first-order chi connectivity index (χ1) is 26.7. The SMILES string of the molecule is c1ccc(-c2cc(-c3ccc(-c4ccc5sc6ccccc6c5c4)c4c3oc3ccccc34)nc(-c3ccc(-c4cccc5cccnc45)cc3)n2)cc1. The van der Waals surface area contributed by atoms with Crippen molar-refractivity contribution in [1.29, 1.82) is 0 Å². The molecule has 0 spiro atoms. The van der Waals surface area contributed by atoms with Crippen molar-refractivity contribution in [1.82, 2.24) is 15.0 Å². The Morgan fingerprint density at radius 1 is 0.444 bits per heavy atom. The van der Waals surface area contributed by atoms with E-state index in [0.717, 1.165) is 83.2 Å². The Balaban J connectivity index is 1.09. The number of para-hydroxylation sites is 2. The van der Waals surface area contributed by atoms with Gasteiger partial charge in [-0.05, 0) is 59.2 Å². The van der Waals surface area contributed by atoms with Gasteiger partial charge in [0.1, 0.15) is 11.2 Å². The van der Waals surface area contributed by atoms with Gasteiger partial charge in [-0.15, -0.1) is 11.3 Å². The van der Waals surface area contributed by atoms with Crippen LogP contribution in [-0.2, 0) is 0 Å². The molecule has 0 radical (unpaired) electrons. The number of fused-ring (bicyclic) bond motifs is 7. The van der Waals surface area contributed by atoms with Gasteiger partial charge in [0.15, 0.2) is 5.82 Å². The van der Waals surface area contributed by atoms with Gasteiger partial charge in [0, 0.05) is 64.8 Å². The number of nitrogens with zero attached hydrogens (tertiary/aromatic N) is 3. The summed E-state index contributed by atoms with van der Waals surface area (Å²) in [7, 11) is 0. The van der Waals surface area contributed by atoms with Crippen LogP contribution in [0.1, 0.15) is 0 Å². The van der Waals surface area contributed by atoms with Crippen LogP contribution in [0.15, 0.2) is 180 Å². The Bertz CT molecular complexity index is 3210. The second-order valence-corrected chi connectivity index (χ2v) is 14.6. The van der Waals surface area contributed by atoms with Crippen LogP contribution in [-0.4, -0.2) is 15.0 Å². The van der Waals surface area contributed by atoms with E-state index in [1.54, 1.807) is 0 Å². The molecule has 4 aromatic heterocycles. The molecular weight excluding hydrogens is 679 g/mol. The largest absolute Gasteiger partial charge is 0.455 e. The molecule has 0 amide bonds. The maximum absolute atomic E-state index is 6.77. The average Bonchev–Trinajstić information content (AvgIpc) is 3.82. The first-order valence-electron chi connectivity index (χ1n) is 18.0. The van der Waals surface area contributed by atoms with Gasteiger partial charge in [-0.1, -0.05) is 127 Å². The normalized spacial score (nSPS) is 11.7. The molecular formula is C49H29N3OS. The van der Waals surface area contributed by atoms with Crippen molar-refractivity contribution in [2.75, 3.05) is 0 Å². The van der Waals surface area contributed by atoms with E-state index in [-0.39, 0.29) is 0 Å². The summed E-state index contributed by atoms with van der Waals surface area (Å²) in [6, 6.07) is 59.4. The van der Waals surface area contributed by atoms with E-state index in [2.05, 4.69) is 138 Å². The van der Waals surface area contributed by atoms with Crippen molar-refractivity contribution in [3.05, 3.63) is 176 Å². The lowest BCUT2D eigenvalue weighted by Gasteiger charge is -2.12. The molecule has 5 heteroatoms. The molecule has 252 valence electrons. The quantitative estimate of drug-likeness (QED) is 0.179. The van der Waals surface area contributed by atoms with Crippen LogP contribution in [0.2, 0.25) is 0 Å². The van der Waals surface area contributed by atoms with E-state index in [4.69, 9.17) is 14.4 Å². The standard InChI is InChI=1S/C49H29N3OS/c1-2-10-31(11-3-1)41-29-42(52-49(51-41)33-21-19-30(20-22-33)36-16-8-12-32-13-9-27-50-47(32)36)38-25-24-35(46-39-15-4-6-17-43(39)53-48(38)46)34-23-26-45-40(28-34)37-14-5-7-18-44(37)54-45/h1-29H. The van der Waals surface area contributed by atoms with Crippen molar-refractivity contribution < 1.29 is 4.42 Å². The van der Waals surface area contributed by atoms with Gasteiger partial charge in [-0.25, -0.2) is 9.97 Å².